The van der Waals surface area contributed by atoms with Crippen LogP contribution in [0.25, 0.3) is 0 Å². The van der Waals surface area contributed by atoms with Gasteiger partial charge in [0.25, 0.3) is 5.91 Å². The zero-order chi connectivity index (χ0) is 18.2. The first kappa shape index (κ1) is 18.4. The van der Waals surface area contributed by atoms with Crippen molar-refractivity contribution in [3.8, 4) is 5.75 Å². The van der Waals surface area contributed by atoms with E-state index in [4.69, 9.17) is 9.47 Å². The molecular weight excluding hydrogens is 325 g/mol. The van der Waals surface area contributed by atoms with E-state index >= 15 is 0 Å². The van der Waals surface area contributed by atoms with Crippen LogP contribution in [-0.4, -0.2) is 25.1 Å². The average Bonchev–Trinajstić information content (AvgIpc) is 2.61. The molecule has 0 saturated heterocycles. The third kappa shape index (κ3) is 5.60. The highest BCUT2D eigenvalue weighted by Gasteiger charge is 2.11. The van der Waals surface area contributed by atoms with Gasteiger partial charge < -0.3 is 14.8 Å². The van der Waals surface area contributed by atoms with Crippen molar-refractivity contribution >= 4 is 11.9 Å². The average molecular weight is 345 g/mol. The van der Waals surface area contributed by atoms with Gasteiger partial charge in [0, 0.05) is 0 Å². The highest BCUT2D eigenvalue weighted by atomic mass is 19.1. The van der Waals surface area contributed by atoms with Crippen molar-refractivity contribution in [2.45, 2.75) is 19.9 Å². The normalized spacial score (nSPS) is 11.5. The van der Waals surface area contributed by atoms with E-state index in [0.29, 0.717) is 17.9 Å². The SMILES string of the molecule is CCOC(=O)c1ccc(OCC(=O)N[C@@H](C)c2ccc(F)cc2)cc1. The predicted octanol–water partition coefficient (Wildman–Crippen LogP) is 3.26. The van der Waals surface area contributed by atoms with Crippen LogP contribution in [0.15, 0.2) is 48.5 Å². The van der Waals surface area contributed by atoms with Gasteiger partial charge in [0.15, 0.2) is 6.61 Å². The Balaban J connectivity index is 1.83. The van der Waals surface area contributed by atoms with E-state index in [-0.39, 0.29) is 24.4 Å². The summed E-state index contributed by atoms with van der Waals surface area (Å²) >= 11 is 0. The summed E-state index contributed by atoms with van der Waals surface area (Å²) in [5, 5.41) is 2.77. The van der Waals surface area contributed by atoms with Gasteiger partial charge in [0.1, 0.15) is 11.6 Å². The van der Waals surface area contributed by atoms with Crippen molar-refractivity contribution in [3.05, 3.63) is 65.5 Å². The lowest BCUT2D eigenvalue weighted by Gasteiger charge is -2.14. The van der Waals surface area contributed by atoms with Crippen LogP contribution in [0.2, 0.25) is 0 Å². The molecule has 0 aliphatic rings. The predicted molar refractivity (Wildman–Crippen MR) is 90.9 cm³/mol. The molecule has 0 spiro atoms. The van der Waals surface area contributed by atoms with Crippen LogP contribution >= 0.6 is 0 Å². The van der Waals surface area contributed by atoms with E-state index in [1.807, 2.05) is 0 Å². The maximum Gasteiger partial charge on any atom is 0.338 e. The molecule has 2 rings (SSSR count). The molecule has 25 heavy (non-hydrogen) atoms. The summed E-state index contributed by atoms with van der Waals surface area (Å²) in [5.41, 5.74) is 1.22. The molecule has 0 aliphatic carbocycles. The molecule has 0 bridgehead atoms. The summed E-state index contributed by atoms with van der Waals surface area (Å²) in [5.74, 6) is -0.555. The smallest absolute Gasteiger partial charge is 0.338 e. The van der Waals surface area contributed by atoms with E-state index in [1.165, 1.54) is 12.1 Å². The third-order valence-electron chi connectivity index (χ3n) is 3.48. The number of benzene rings is 2. The fraction of sp³-hybridized carbons (Fsp3) is 0.263. The first-order valence-electron chi connectivity index (χ1n) is 7.94. The van der Waals surface area contributed by atoms with E-state index in [0.717, 1.165) is 5.56 Å². The summed E-state index contributed by atoms with van der Waals surface area (Å²) in [6, 6.07) is 12.0. The summed E-state index contributed by atoms with van der Waals surface area (Å²) in [7, 11) is 0. The maximum atomic E-state index is 12.9. The standard InChI is InChI=1S/C19H20FNO4/c1-3-24-19(23)15-6-10-17(11-7-15)25-12-18(22)21-13(2)14-4-8-16(20)9-5-14/h4-11,13H,3,12H2,1-2H3,(H,21,22)/t13-/m0/s1. The van der Waals surface area contributed by atoms with Crippen LogP contribution in [0.5, 0.6) is 5.75 Å². The van der Waals surface area contributed by atoms with Crippen LogP contribution in [0, 0.1) is 5.82 Å². The first-order chi connectivity index (χ1) is 12.0. The molecule has 2 aromatic carbocycles. The molecule has 6 heteroatoms. The molecule has 2 aromatic rings. The van der Waals surface area contributed by atoms with Crippen LogP contribution in [0.4, 0.5) is 4.39 Å². The van der Waals surface area contributed by atoms with Crippen molar-refractivity contribution in [1.82, 2.24) is 5.32 Å². The maximum absolute atomic E-state index is 12.9. The highest BCUT2D eigenvalue weighted by molar-refractivity contribution is 5.89. The van der Waals surface area contributed by atoms with E-state index in [2.05, 4.69) is 5.32 Å². The molecule has 5 nitrogen and oxygen atoms in total. The molecule has 0 saturated carbocycles. The third-order valence-corrected chi connectivity index (χ3v) is 3.48. The van der Waals surface area contributed by atoms with Gasteiger partial charge in [-0.05, 0) is 55.8 Å². The quantitative estimate of drug-likeness (QED) is 0.783. The number of amides is 1. The Hall–Kier alpha value is -2.89. The van der Waals surface area contributed by atoms with Gasteiger partial charge in [0.2, 0.25) is 0 Å². The van der Waals surface area contributed by atoms with Crippen LogP contribution < -0.4 is 10.1 Å². The monoisotopic (exact) mass is 345 g/mol. The number of halogens is 1. The Kier molecular flexibility index (Phi) is 6.51. The number of ether oxygens (including phenoxy) is 2. The van der Waals surface area contributed by atoms with Crippen molar-refractivity contribution in [3.63, 3.8) is 0 Å². The summed E-state index contributed by atoms with van der Waals surface area (Å²) in [4.78, 5) is 23.5. The van der Waals surface area contributed by atoms with Gasteiger partial charge >= 0.3 is 5.97 Å². The lowest BCUT2D eigenvalue weighted by atomic mass is 10.1. The van der Waals surface area contributed by atoms with E-state index < -0.39 is 5.97 Å². The van der Waals surface area contributed by atoms with E-state index in [1.54, 1.807) is 50.2 Å². The molecule has 0 aliphatic heterocycles. The van der Waals surface area contributed by atoms with Crippen LogP contribution in [-0.2, 0) is 9.53 Å². The highest BCUT2D eigenvalue weighted by Crippen LogP contribution is 2.14. The van der Waals surface area contributed by atoms with Gasteiger partial charge in [-0.15, -0.1) is 0 Å². The molecule has 0 fully saturated rings. The van der Waals surface area contributed by atoms with Gasteiger partial charge in [-0.1, -0.05) is 12.1 Å². The Bertz CT molecular complexity index is 713. The molecule has 0 unspecified atom stereocenters. The number of carbonyl (C=O) groups is 2. The van der Waals surface area contributed by atoms with Crippen LogP contribution in [0.1, 0.15) is 35.8 Å². The minimum Gasteiger partial charge on any atom is -0.484 e. The minimum absolute atomic E-state index is 0.162. The van der Waals surface area contributed by atoms with Crippen LogP contribution in [0.3, 0.4) is 0 Å². The molecule has 0 heterocycles. The minimum atomic E-state index is -0.403. The van der Waals surface area contributed by atoms with Gasteiger partial charge in [0.05, 0.1) is 18.2 Å². The molecule has 1 N–H and O–H groups in total. The zero-order valence-electron chi connectivity index (χ0n) is 14.1. The molecular formula is C19H20FNO4. The van der Waals surface area contributed by atoms with Crippen molar-refractivity contribution < 1.29 is 23.5 Å². The van der Waals surface area contributed by atoms with Crippen molar-refractivity contribution in [2.75, 3.05) is 13.2 Å². The second kappa shape index (κ2) is 8.82. The van der Waals surface area contributed by atoms with E-state index in [9.17, 15) is 14.0 Å². The Morgan fingerprint density at radius 3 is 2.32 bits per heavy atom. The van der Waals surface area contributed by atoms with Gasteiger partial charge in [-0.2, -0.15) is 0 Å². The lowest BCUT2D eigenvalue weighted by Crippen LogP contribution is -2.31. The summed E-state index contributed by atoms with van der Waals surface area (Å²) in [6.07, 6.45) is 0. The summed E-state index contributed by atoms with van der Waals surface area (Å²) < 4.78 is 23.2. The van der Waals surface area contributed by atoms with Gasteiger partial charge in [-0.25, -0.2) is 9.18 Å². The largest absolute Gasteiger partial charge is 0.484 e. The fourth-order valence-electron chi connectivity index (χ4n) is 2.17. The first-order valence-corrected chi connectivity index (χ1v) is 7.94. The summed E-state index contributed by atoms with van der Waals surface area (Å²) in [6.45, 7) is 3.69. The Labute approximate surface area is 145 Å². The fourth-order valence-corrected chi connectivity index (χ4v) is 2.17. The number of hydrogen-bond acceptors (Lipinski definition) is 4. The number of carbonyl (C=O) groups excluding carboxylic acids is 2. The number of nitrogens with one attached hydrogen (secondary N) is 1. The van der Waals surface area contributed by atoms with Gasteiger partial charge in [-0.3, -0.25) is 4.79 Å². The Morgan fingerprint density at radius 1 is 1.08 bits per heavy atom. The second-order valence-corrected chi connectivity index (χ2v) is 5.37. The van der Waals surface area contributed by atoms with Crippen molar-refractivity contribution in [2.24, 2.45) is 0 Å². The molecule has 1 amide bonds. The number of rotatable bonds is 7. The molecule has 0 radical (unpaired) electrons. The number of hydrogen-bond donors (Lipinski definition) is 1. The molecule has 132 valence electrons. The van der Waals surface area contributed by atoms with Crippen molar-refractivity contribution in [1.29, 1.82) is 0 Å². The number of esters is 1. The molecule has 1 atom stereocenters. The lowest BCUT2D eigenvalue weighted by molar-refractivity contribution is -0.123. The second-order valence-electron chi connectivity index (χ2n) is 5.37. The zero-order valence-corrected chi connectivity index (χ0v) is 14.1. The molecule has 0 aromatic heterocycles. The topological polar surface area (TPSA) is 64.6 Å². The Morgan fingerprint density at radius 2 is 1.72 bits per heavy atom.